The number of anilines is 1. The molecule has 4 rings (SSSR count). The molecule has 2 aromatic carbocycles. The van der Waals surface area contributed by atoms with Crippen LogP contribution < -0.4 is 9.80 Å². The number of carbonyl (C=O) groups is 2. The molecule has 158 valence electrons. The maximum Gasteiger partial charge on any atom is 0.292 e. The Bertz CT molecular complexity index is 1100. The zero-order valence-electron chi connectivity index (χ0n) is 15.9. The fourth-order valence-electron chi connectivity index (χ4n) is 3.99. The van der Waals surface area contributed by atoms with Crippen LogP contribution >= 0.6 is 11.6 Å². The third kappa shape index (κ3) is 3.62. The summed E-state index contributed by atoms with van der Waals surface area (Å²) in [6.07, 6.45) is 0.0411. The van der Waals surface area contributed by atoms with Gasteiger partial charge in [0, 0.05) is 0 Å². The van der Waals surface area contributed by atoms with E-state index in [1.165, 1.54) is 22.5 Å². The van der Waals surface area contributed by atoms with Crippen molar-refractivity contribution in [3.05, 3.63) is 59.4 Å². The molecule has 2 aliphatic rings. The smallest absolute Gasteiger partial charge is 0.292 e. The first kappa shape index (κ1) is 20.9. The normalized spacial score (nSPS) is 21.4. The van der Waals surface area contributed by atoms with E-state index in [0.717, 1.165) is 15.9 Å². The molecule has 0 aromatic heterocycles. The molecule has 0 spiro atoms. The third-order valence-electron chi connectivity index (χ3n) is 5.55. The molecule has 2 aliphatic heterocycles. The van der Waals surface area contributed by atoms with Gasteiger partial charge in [-0.2, -0.15) is 4.31 Å². The number of rotatable bonds is 4. The number of carbonyl (C=O) groups excluding carboxylic acids is 2. The minimum atomic E-state index is -3.96. The molecule has 0 saturated carbocycles. The van der Waals surface area contributed by atoms with Crippen LogP contribution in [0, 0.1) is 5.82 Å². The van der Waals surface area contributed by atoms with Gasteiger partial charge in [-0.25, -0.2) is 17.7 Å². The van der Waals surface area contributed by atoms with Gasteiger partial charge in [-0.05, 0) is 24.3 Å². The van der Waals surface area contributed by atoms with E-state index >= 15 is 0 Å². The summed E-state index contributed by atoms with van der Waals surface area (Å²) in [4.78, 5) is 27.1. The number of halogens is 2. The van der Waals surface area contributed by atoms with Crippen molar-refractivity contribution in [2.24, 2.45) is 0 Å². The number of quaternary nitrogens is 1. The van der Waals surface area contributed by atoms with Gasteiger partial charge in [0.05, 0.1) is 43.3 Å². The molecular formula is C20H20ClFN3O4S+. The number of imide groups is 1. The number of para-hydroxylation sites is 1. The first-order chi connectivity index (χ1) is 14.3. The van der Waals surface area contributed by atoms with E-state index < -0.39 is 21.9 Å². The molecule has 2 amide bonds. The summed E-state index contributed by atoms with van der Waals surface area (Å²) in [5.74, 6) is -1.46. The molecule has 2 aromatic rings. The van der Waals surface area contributed by atoms with Crippen LogP contribution in [-0.2, 0) is 19.6 Å². The molecule has 1 N–H and O–H groups in total. The Labute approximate surface area is 178 Å². The Balaban J connectivity index is 1.47. The predicted molar refractivity (Wildman–Crippen MR) is 108 cm³/mol. The van der Waals surface area contributed by atoms with Gasteiger partial charge in [-0.1, -0.05) is 35.9 Å². The standard InChI is InChI=1S/C20H19ClFN3O4S/c21-14-5-1-3-7-16(14)25-19(26)13-17(20(25)27)23-9-11-24(12-10-23)30(28,29)18-8-4-2-6-15(18)22/h1-8,17H,9-13H2/p+1/t17-/m1/s1. The first-order valence-electron chi connectivity index (χ1n) is 9.51. The molecule has 2 fully saturated rings. The second kappa shape index (κ2) is 8.07. The highest BCUT2D eigenvalue weighted by Crippen LogP contribution is 2.29. The van der Waals surface area contributed by atoms with Crippen LogP contribution in [-0.4, -0.2) is 56.8 Å². The Morgan fingerprint density at radius 1 is 1.00 bits per heavy atom. The van der Waals surface area contributed by atoms with Crippen LogP contribution in [0.25, 0.3) is 0 Å². The highest BCUT2D eigenvalue weighted by Gasteiger charge is 2.47. The summed E-state index contributed by atoms with van der Waals surface area (Å²) in [6.45, 7) is 0.952. The topological polar surface area (TPSA) is 79.2 Å². The number of nitrogens with zero attached hydrogens (tertiary/aromatic N) is 2. The van der Waals surface area contributed by atoms with Gasteiger partial charge in [0.1, 0.15) is 10.7 Å². The zero-order chi connectivity index (χ0) is 21.5. The van der Waals surface area contributed by atoms with E-state index in [2.05, 4.69) is 0 Å². The van der Waals surface area contributed by atoms with E-state index in [1.807, 2.05) is 0 Å². The van der Waals surface area contributed by atoms with Crippen molar-refractivity contribution in [3.63, 3.8) is 0 Å². The number of nitrogens with one attached hydrogen (secondary N) is 1. The summed E-state index contributed by atoms with van der Waals surface area (Å²) in [6, 6.07) is 11.3. The molecule has 0 unspecified atom stereocenters. The average molecular weight is 453 g/mol. The van der Waals surface area contributed by atoms with Gasteiger partial charge in [-0.15, -0.1) is 0 Å². The van der Waals surface area contributed by atoms with Crippen LogP contribution in [0.4, 0.5) is 10.1 Å². The lowest BCUT2D eigenvalue weighted by Gasteiger charge is -2.33. The number of hydrogen-bond acceptors (Lipinski definition) is 4. The molecule has 10 heteroatoms. The van der Waals surface area contributed by atoms with Crippen molar-refractivity contribution in [1.29, 1.82) is 0 Å². The van der Waals surface area contributed by atoms with Crippen LogP contribution in [0.15, 0.2) is 53.4 Å². The number of sulfonamides is 1. The highest BCUT2D eigenvalue weighted by atomic mass is 35.5. The van der Waals surface area contributed by atoms with Gasteiger partial charge < -0.3 is 4.90 Å². The quantitative estimate of drug-likeness (QED) is 0.693. The second-order valence-electron chi connectivity index (χ2n) is 7.27. The van der Waals surface area contributed by atoms with Gasteiger partial charge in [0.2, 0.25) is 15.9 Å². The average Bonchev–Trinajstić information content (AvgIpc) is 3.03. The highest BCUT2D eigenvalue weighted by molar-refractivity contribution is 7.89. The molecule has 0 bridgehead atoms. The molecule has 2 heterocycles. The number of hydrogen-bond donors (Lipinski definition) is 1. The van der Waals surface area contributed by atoms with E-state index in [-0.39, 0.29) is 36.2 Å². The summed E-state index contributed by atoms with van der Waals surface area (Å²) in [7, 11) is -3.96. The lowest BCUT2D eigenvalue weighted by molar-refractivity contribution is -0.918. The van der Waals surface area contributed by atoms with Crippen molar-refractivity contribution in [3.8, 4) is 0 Å². The first-order valence-corrected chi connectivity index (χ1v) is 11.3. The molecule has 30 heavy (non-hydrogen) atoms. The van der Waals surface area contributed by atoms with Gasteiger partial charge in [0.25, 0.3) is 5.91 Å². The molecular weight excluding hydrogens is 433 g/mol. The van der Waals surface area contributed by atoms with Gasteiger partial charge in [0.15, 0.2) is 6.04 Å². The summed E-state index contributed by atoms with van der Waals surface area (Å²) >= 11 is 6.15. The number of piperazine rings is 1. The van der Waals surface area contributed by atoms with Crippen LogP contribution in [0.5, 0.6) is 0 Å². The SMILES string of the molecule is O=C1C[C@@H]([NH+]2CCN(S(=O)(=O)c3ccccc3F)CC2)C(=O)N1c1ccccc1Cl. The molecule has 7 nitrogen and oxygen atoms in total. The van der Waals surface area contributed by atoms with Crippen molar-refractivity contribution < 1.29 is 27.3 Å². The van der Waals surface area contributed by atoms with Gasteiger partial charge >= 0.3 is 0 Å². The van der Waals surface area contributed by atoms with Crippen LogP contribution in [0.3, 0.4) is 0 Å². The summed E-state index contributed by atoms with van der Waals surface area (Å²) in [5, 5.41) is 0.315. The second-order valence-corrected chi connectivity index (χ2v) is 9.58. The summed E-state index contributed by atoms with van der Waals surface area (Å²) in [5.41, 5.74) is 0.358. The third-order valence-corrected chi connectivity index (χ3v) is 7.80. The van der Waals surface area contributed by atoms with E-state index in [0.29, 0.717) is 23.8 Å². The van der Waals surface area contributed by atoms with Crippen molar-refractivity contribution in [2.45, 2.75) is 17.4 Å². The minimum Gasteiger partial charge on any atom is -0.322 e. The zero-order valence-corrected chi connectivity index (χ0v) is 17.5. The maximum atomic E-state index is 14.0. The van der Waals surface area contributed by atoms with Crippen molar-refractivity contribution in [1.82, 2.24) is 4.31 Å². The van der Waals surface area contributed by atoms with E-state index in [4.69, 9.17) is 11.6 Å². The molecule has 0 aliphatic carbocycles. The van der Waals surface area contributed by atoms with E-state index in [9.17, 15) is 22.4 Å². The number of benzene rings is 2. The Morgan fingerprint density at radius 2 is 1.63 bits per heavy atom. The van der Waals surface area contributed by atoms with E-state index in [1.54, 1.807) is 24.3 Å². The van der Waals surface area contributed by atoms with Crippen LogP contribution in [0.2, 0.25) is 5.02 Å². The molecule has 1 atom stereocenters. The fraction of sp³-hybridized carbons (Fsp3) is 0.300. The maximum absolute atomic E-state index is 14.0. The van der Waals surface area contributed by atoms with Crippen molar-refractivity contribution >= 4 is 39.1 Å². The number of amides is 2. The van der Waals surface area contributed by atoms with Crippen LogP contribution in [0.1, 0.15) is 6.42 Å². The molecule has 2 saturated heterocycles. The Kier molecular flexibility index (Phi) is 5.63. The molecule has 0 radical (unpaired) electrons. The monoisotopic (exact) mass is 452 g/mol. The Morgan fingerprint density at radius 3 is 2.30 bits per heavy atom. The fourth-order valence-corrected chi connectivity index (χ4v) is 5.72. The predicted octanol–water partition coefficient (Wildman–Crippen LogP) is 0.700. The summed E-state index contributed by atoms with van der Waals surface area (Å²) < 4.78 is 40.7. The largest absolute Gasteiger partial charge is 0.322 e. The lowest BCUT2D eigenvalue weighted by Crippen LogP contribution is -3.19. The lowest BCUT2D eigenvalue weighted by atomic mass is 10.2. The van der Waals surface area contributed by atoms with Crippen molar-refractivity contribution in [2.75, 3.05) is 31.1 Å². The minimum absolute atomic E-state index is 0.0411. The van der Waals surface area contributed by atoms with Gasteiger partial charge in [-0.3, -0.25) is 9.59 Å². The Hall–Kier alpha value is -2.33.